The van der Waals surface area contributed by atoms with Gasteiger partial charge in [0.25, 0.3) is 0 Å². The van der Waals surface area contributed by atoms with E-state index < -0.39 is 11.9 Å². The zero-order valence-electron chi connectivity index (χ0n) is 10.3. The molecule has 19 heavy (non-hydrogen) atoms. The van der Waals surface area contributed by atoms with Crippen LogP contribution in [0.4, 0.5) is 27.9 Å². The smallest absolute Gasteiger partial charge is 0.269 e. The lowest BCUT2D eigenvalue weighted by molar-refractivity contribution is -0.177. The Morgan fingerprint density at radius 3 is 1.05 bits per heavy atom. The van der Waals surface area contributed by atoms with Crippen molar-refractivity contribution in [2.24, 2.45) is 0 Å². The molecule has 0 aliphatic carbocycles. The average Bonchev–Trinajstić information content (AvgIpc) is 2.28. The Morgan fingerprint density at radius 1 is 0.895 bits per heavy atom. The zero-order chi connectivity index (χ0) is 12.7. The number of rotatable bonds is 2. The topological polar surface area (TPSA) is 52.6 Å². The number of carbonyl (C=O) groups is 2. The molecule has 0 aliphatic heterocycles. The summed E-state index contributed by atoms with van der Waals surface area (Å²) in [4.78, 5) is 24.2. The maximum absolute atomic E-state index is 10.5. The molecule has 0 bridgehead atoms. The molecule has 0 aromatic heterocycles. The normalized spacial score (nSPS) is 5.26. The SMILES string of the molecule is C=CC(=O)OF.C=CC(=O)OF.CCC.F.F.F.F. The molecule has 0 amide bonds. The van der Waals surface area contributed by atoms with Gasteiger partial charge in [-0.05, 0) is 0 Å². The van der Waals surface area contributed by atoms with Gasteiger partial charge in [-0.25, -0.2) is 9.59 Å². The minimum Gasteiger partial charge on any atom is -0.269 e. The molecule has 0 spiro atoms. The van der Waals surface area contributed by atoms with Crippen molar-refractivity contribution in [2.75, 3.05) is 0 Å². The molecule has 0 saturated heterocycles. The van der Waals surface area contributed by atoms with Crippen LogP contribution < -0.4 is 0 Å². The van der Waals surface area contributed by atoms with Crippen LogP contribution in [0, 0.1) is 0 Å². The van der Waals surface area contributed by atoms with Gasteiger partial charge in [0, 0.05) is 21.2 Å². The lowest BCUT2D eigenvalue weighted by atomic mass is 10.6. The van der Waals surface area contributed by atoms with Crippen molar-refractivity contribution in [2.45, 2.75) is 20.3 Å². The third-order valence-corrected chi connectivity index (χ3v) is 0.485. The van der Waals surface area contributed by atoms with Crippen LogP contribution in [0.1, 0.15) is 20.3 Å². The predicted molar refractivity (Wildman–Crippen MR) is 60.8 cm³/mol. The molecular formula is C9H18F6O4. The standard InChI is InChI=1S/2C3H3FO2.C3H8.4FH/c2*1-2-3(5)6-4;1-3-2;;;;/h2*2H,1H2;3H2,1-2H3;4*1H. The monoisotopic (exact) mass is 304 g/mol. The molecular weight excluding hydrogens is 286 g/mol. The van der Waals surface area contributed by atoms with E-state index in [-0.39, 0.29) is 18.8 Å². The predicted octanol–water partition coefficient (Wildman–Crippen LogP) is 3.23. The molecule has 120 valence electrons. The third kappa shape index (κ3) is 87.1. The molecule has 0 saturated carbocycles. The molecule has 0 heterocycles. The minimum atomic E-state index is -1.06. The summed E-state index contributed by atoms with van der Waals surface area (Å²) in [6.45, 7) is 10.1. The van der Waals surface area contributed by atoms with Crippen LogP contribution >= 0.6 is 0 Å². The molecule has 0 N–H and O–H groups in total. The van der Waals surface area contributed by atoms with E-state index in [0.717, 1.165) is 12.2 Å². The number of halogens is 6. The lowest BCUT2D eigenvalue weighted by Gasteiger charge is -1.74. The van der Waals surface area contributed by atoms with Crippen molar-refractivity contribution in [3.63, 3.8) is 0 Å². The molecule has 0 aliphatic rings. The molecule has 0 radical (unpaired) electrons. The molecule has 4 nitrogen and oxygen atoms in total. The number of hydrogen-bond donors (Lipinski definition) is 0. The summed E-state index contributed by atoms with van der Waals surface area (Å²) in [5.74, 6) is -2.12. The van der Waals surface area contributed by atoms with Gasteiger partial charge >= 0.3 is 11.9 Å². The second-order valence-electron chi connectivity index (χ2n) is 1.91. The first kappa shape index (κ1) is 43.5. The Bertz CT molecular complexity index is 181. The highest BCUT2D eigenvalue weighted by Gasteiger charge is 1.88. The van der Waals surface area contributed by atoms with Gasteiger partial charge in [0.1, 0.15) is 0 Å². The highest BCUT2D eigenvalue weighted by Crippen LogP contribution is 1.74. The molecule has 0 aromatic rings. The molecule has 0 aromatic carbocycles. The molecule has 0 unspecified atom stereocenters. The molecule has 0 atom stereocenters. The Labute approximate surface area is 106 Å². The molecule has 10 heteroatoms. The van der Waals surface area contributed by atoms with Crippen LogP contribution in [-0.4, -0.2) is 11.9 Å². The maximum atomic E-state index is 10.5. The van der Waals surface area contributed by atoms with Gasteiger partial charge in [-0.1, -0.05) is 33.4 Å². The van der Waals surface area contributed by atoms with Crippen molar-refractivity contribution < 1.29 is 47.3 Å². The van der Waals surface area contributed by atoms with E-state index in [1.54, 1.807) is 0 Å². The van der Waals surface area contributed by atoms with E-state index in [1.807, 2.05) is 0 Å². The largest absolute Gasteiger partial charge is 0.371 e. The van der Waals surface area contributed by atoms with Crippen LogP contribution in [-0.2, 0) is 19.5 Å². The summed E-state index contributed by atoms with van der Waals surface area (Å²) in [5.41, 5.74) is 0. The zero-order valence-corrected chi connectivity index (χ0v) is 10.3. The Kier molecular flexibility index (Phi) is 102. The van der Waals surface area contributed by atoms with Crippen LogP contribution in [0.5, 0.6) is 0 Å². The van der Waals surface area contributed by atoms with Crippen molar-refractivity contribution in [1.82, 2.24) is 0 Å². The second-order valence-corrected chi connectivity index (χ2v) is 1.91. The fraction of sp³-hybridized carbons (Fsp3) is 0.333. The highest BCUT2D eigenvalue weighted by atomic mass is 19.3. The van der Waals surface area contributed by atoms with Gasteiger partial charge in [-0.2, -0.15) is 0 Å². The van der Waals surface area contributed by atoms with Gasteiger partial charge in [0.2, 0.25) is 0 Å². The summed E-state index contributed by atoms with van der Waals surface area (Å²) in [6, 6.07) is 0. The fourth-order valence-electron chi connectivity index (χ4n) is 0.0630. The average molecular weight is 304 g/mol. The van der Waals surface area contributed by atoms with Crippen LogP contribution in [0.3, 0.4) is 0 Å². The highest BCUT2D eigenvalue weighted by molar-refractivity contribution is 5.80. The van der Waals surface area contributed by atoms with E-state index in [0.29, 0.717) is 0 Å². The summed E-state index contributed by atoms with van der Waals surface area (Å²) >= 11 is 0. The Morgan fingerprint density at radius 2 is 1.05 bits per heavy atom. The Hall–Kier alpha value is -2.00. The summed E-state index contributed by atoms with van der Waals surface area (Å²) < 4.78 is 20.9. The first-order chi connectivity index (χ1) is 7.03. The number of carbonyl (C=O) groups excluding carboxylic acids is 2. The van der Waals surface area contributed by atoms with Crippen LogP contribution in [0.15, 0.2) is 25.3 Å². The van der Waals surface area contributed by atoms with Crippen molar-refractivity contribution in [3.05, 3.63) is 25.3 Å². The molecule has 0 fully saturated rings. The minimum absolute atomic E-state index is 0. The third-order valence-electron chi connectivity index (χ3n) is 0.485. The van der Waals surface area contributed by atoms with Gasteiger partial charge < -0.3 is 0 Å². The van der Waals surface area contributed by atoms with E-state index in [1.165, 1.54) is 6.42 Å². The van der Waals surface area contributed by atoms with E-state index in [9.17, 15) is 18.6 Å². The van der Waals surface area contributed by atoms with Gasteiger partial charge in [-0.3, -0.25) is 28.7 Å². The van der Waals surface area contributed by atoms with E-state index >= 15 is 0 Å². The second kappa shape index (κ2) is 44.4. The van der Waals surface area contributed by atoms with Gasteiger partial charge in [0.15, 0.2) is 0 Å². The van der Waals surface area contributed by atoms with Crippen molar-refractivity contribution in [3.8, 4) is 0 Å². The van der Waals surface area contributed by atoms with Crippen molar-refractivity contribution in [1.29, 1.82) is 0 Å². The first-order valence-corrected chi connectivity index (χ1v) is 3.93. The first-order valence-electron chi connectivity index (χ1n) is 3.93. The fourth-order valence-corrected chi connectivity index (χ4v) is 0.0630. The molecule has 0 rings (SSSR count). The van der Waals surface area contributed by atoms with Gasteiger partial charge in [-0.15, -0.1) is 0 Å². The Balaban J connectivity index is -0.0000000215. The maximum Gasteiger partial charge on any atom is 0.371 e. The quantitative estimate of drug-likeness (QED) is 0.580. The van der Waals surface area contributed by atoms with Crippen molar-refractivity contribution >= 4 is 11.9 Å². The summed E-state index contributed by atoms with van der Waals surface area (Å²) in [6.07, 6.45) is 2.72. The van der Waals surface area contributed by atoms with Crippen LogP contribution in [0.2, 0.25) is 0 Å². The number of hydrogen-bond acceptors (Lipinski definition) is 4. The summed E-state index contributed by atoms with van der Waals surface area (Å²) in [7, 11) is 0. The van der Waals surface area contributed by atoms with Gasteiger partial charge in [0.05, 0.1) is 0 Å². The lowest BCUT2D eigenvalue weighted by Crippen LogP contribution is -1.87. The van der Waals surface area contributed by atoms with Crippen LogP contribution in [0.25, 0.3) is 0 Å². The summed E-state index contributed by atoms with van der Waals surface area (Å²) in [5, 5.41) is 0. The van der Waals surface area contributed by atoms with E-state index in [4.69, 9.17) is 0 Å². The van der Waals surface area contributed by atoms with E-state index in [2.05, 4.69) is 36.9 Å².